The molecule has 0 bridgehead atoms. The van der Waals surface area contributed by atoms with Crippen LogP contribution in [-0.2, 0) is 11.5 Å². The molecule has 210 valence electrons. The van der Waals surface area contributed by atoms with Gasteiger partial charge in [-0.3, -0.25) is 0 Å². The fraction of sp³-hybridized carbons (Fsp3) is 0.0526. The Morgan fingerprint density at radius 1 is 0.268 bits per heavy atom. The number of hydrogen-bond donors (Lipinski definition) is 0. The molecule has 0 atom stereocenters. The van der Waals surface area contributed by atoms with Gasteiger partial charge in [-0.1, -0.05) is 0 Å². The molecule has 0 aliphatic heterocycles. The first-order valence-corrected chi connectivity index (χ1v) is 22.5. The van der Waals surface area contributed by atoms with E-state index in [9.17, 15) is 0 Å². The molecule has 0 saturated carbocycles. The summed E-state index contributed by atoms with van der Waals surface area (Å²) in [6.45, 7) is 0. The summed E-state index contributed by atoms with van der Waals surface area (Å²) >= 11 is -1.70. The molecule has 0 N–H and O–H groups in total. The zero-order chi connectivity index (χ0) is 28.2. The minimum absolute atomic E-state index is 1.49. The van der Waals surface area contributed by atoms with Gasteiger partial charge in [0.2, 0.25) is 0 Å². The van der Waals surface area contributed by atoms with E-state index in [2.05, 4.69) is 194 Å². The van der Waals surface area contributed by atoms with Crippen molar-refractivity contribution in [2.24, 2.45) is 0 Å². The standard InChI is InChI=1S/2C18H15P.2CH3.Ni/c2*1-4-10-16(11-5-1)19(17-12-6-2-7-13-17)18-14-8-3-9-15-18;;;/h2*1-15H;2*1H3;/q;;;;-2/p+2. The number of benzene rings is 6. The molecule has 0 nitrogen and oxygen atoms in total. The predicted octanol–water partition coefficient (Wildman–Crippen LogP) is 7.52. The fourth-order valence-electron chi connectivity index (χ4n) is 6.49. The second-order valence-corrected chi connectivity index (χ2v) is 31.8. The molecule has 0 unspecified atom stereocenters. The van der Waals surface area contributed by atoms with E-state index >= 15 is 0 Å². The molecule has 0 aromatic heterocycles. The second-order valence-electron chi connectivity index (χ2n) is 10.4. The first-order valence-electron chi connectivity index (χ1n) is 13.9. The molecular weight excluding hydrogens is 577 g/mol. The Labute approximate surface area is 248 Å². The van der Waals surface area contributed by atoms with E-state index in [0.717, 1.165) is 0 Å². The Hall–Kier alpha value is -3.33. The van der Waals surface area contributed by atoms with Crippen molar-refractivity contribution in [3.05, 3.63) is 182 Å². The van der Waals surface area contributed by atoms with E-state index in [1.165, 1.54) is 31.8 Å². The van der Waals surface area contributed by atoms with Crippen LogP contribution < -0.4 is 31.8 Å². The van der Waals surface area contributed by atoms with Gasteiger partial charge in [0.15, 0.2) is 0 Å². The molecule has 6 aromatic carbocycles. The van der Waals surface area contributed by atoms with E-state index in [1.807, 2.05) is 0 Å². The molecule has 6 aromatic rings. The summed E-state index contributed by atoms with van der Waals surface area (Å²) in [5, 5.41) is 8.93. The number of rotatable bonds is 8. The van der Waals surface area contributed by atoms with Gasteiger partial charge in [0.05, 0.1) is 0 Å². The molecular formula is C38H38NiP2. The van der Waals surface area contributed by atoms with Gasteiger partial charge in [-0.15, -0.1) is 0 Å². The second kappa shape index (κ2) is 11.9. The van der Waals surface area contributed by atoms with Gasteiger partial charge < -0.3 is 0 Å². The van der Waals surface area contributed by atoms with Crippen molar-refractivity contribution in [3.8, 4) is 0 Å². The average molecular weight is 615 g/mol. The molecule has 41 heavy (non-hydrogen) atoms. The van der Waals surface area contributed by atoms with Gasteiger partial charge in [-0.05, 0) is 0 Å². The van der Waals surface area contributed by atoms with Crippen LogP contribution in [0.25, 0.3) is 0 Å². The van der Waals surface area contributed by atoms with Gasteiger partial charge in [-0.2, -0.15) is 0 Å². The third kappa shape index (κ3) is 4.53. The van der Waals surface area contributed by atoms with Gasteiger partial charge >= 0.3 is 249 Å². The molecule has 0 spiro atoms. The minimum atomic E-state index is -2.68. The average Bonchev–Trinajstić information content (AvgIpc) is 3.05. The van der Waals surface area contributed by atoms with Gasteiger partial charge in [0.1, 0.15) is 0 Å². The molecule has 0 aliphatic carbocycles. The van der Waals surface area contributed by atoms with Crippen molar-refractivity contribution < 1.29 is 11.5 Å². The van der Waals surface area contributed by atoms with Crippen LogP contribution >= 0.6 is 12.1 Å². The van der Waals surface area contributed by atoms with Gasteiger partial charge in [0.25, 0.3) is 0 Å². The molecule has 3 heteroatoms. The quantitative estimate of drug-likeness (QED) is 0.123. The van der Waals surface area contributed by atoms with Crippen molar-refractivity contribution in [2.45, 2.75) is 11.8 Å². The topological polar surface area (TPSA) is 0 Å². The number of hydrogen-bond acceptors (Lipinski definition) is 0. The van der Waals surface area contributed by atoms with Crippen LogP contribution in [0.2, 0.25) is 11.8 Å². The molecule has 0 fully saturated rings. The molecule has 6 rings (SSSR count). The van der Waals surface area contributed by atoms with E-state index < -0.39 is 23.6 Å². The SMILES string of the molecule is [CH3][Ni]([CH3])([PH](c1ccccc1)(c1ccccc1)c1ccccc1)[PH](c1ccccc1)(c1ccccc1)c1ccccc1. The fourth-order valence-corrected chi connectivity index (χ4v) is 44.0. The molecule has 0 radical (unpaired) electrons. The van der Waals surface area contributed by atoms with Crippen LogP contribution in [0, 0.1) is 0 Å². The third-order valence-corrected chi connectivity index (χ3v) is 39.1. The van der Waals surface area contributed by atoms with Crippen molar-refractivity contribution in [3.63, 3.8) is 0 Å². The van der Waals surface area contributed by atoms with Gasteiger partial charge in [-0.25, -0.2) is 0 Å². The van der Waals surface area contributed by atoms with E-state index in [-0.39, 0.29) is 0 Å². The maximum atomic E-state index is 2.70. The predicted molar refractivity (Wildman–Crippen MR) is 185 cm³/mol. The zero-order valence-electron chi connectivity index (χ0n) is 23.6. The normalized spacial score (nSPS) is 13.3. The van der Waals surface area contributed by atoms with Crippen LogP contribution in [0.3, 0.4) is 0 Å². The summed E-state index contributed by atoms with van der Waals surface area (Å²) in [6.07, 6.45) is 0. The Morgan fingerprint density at radius 3 is 0.561 bits per heavy atom. The van der Waals surface area contributed by atoms with Crippen molar-refractivity contribution in [1.82, 2.24) is 0 Å². The first kappa shape index (κ1) is 27.8. The van der Waals surface area contributed by atoms with E-state index in [0.29, 0.717) is 0 Å². The van der Waals surface area contributed by atoms with E-state index in [1.54, 1.807) is 0 Å². The van der Waals surface area contributed by atoms with Crippen molar-refractivity contribution in [2.75, 3.05) is 0 Å². The third-order valence-electron chi connectivity index (χ3n) is 8.11. The van der Waals surface area contributed by atoms with Crippen LogP contribution in [0.1, 0.15) is 0 Å². The van der Waals surface area contributed by atoms with Gasteiger partial charge in [0, 0.05) is 0 Å². The Kier molecular flexibility index (Phi) is 8.06. The summed E-state index contributed by atoms with van der Waals surface area (Å²) in [4.78, 5) is 0. The van der Waals surface area contributed by atoms with E-state index in [4.69, 9.17) is 0 Å². The van der Waals surface area contributed by atoms with Crippen LogP contribution in [-0.4, -0.2) is 0 Å². The summed E-state index contributed by atoms with van der Waals surface area (Å²) < 4.78 is 0. The molecule has 0 amide bonds. The van der Waals surface area contributed by atoms with Crippen LogP contribution in [0.4, 0.5) is 0 Å². The Balaban J connectivity index is 1.86. The Morgan fingerprint density at radius 2 is 0.415 bits per heavy atom. The summed E-state index contributed by atoms with van der Waals surface area (Å²) in [5.74, 6) is 5.39. The summed E-state index contributed by atoms with van der Waals surface area (Å²) in [7, 11) is 0. The zero-order valence-corrected chi connectivity index (χ0v) is 26.6. The van der Waals surface area contributed by atoms with Crippen molar-refractivity contribution >= 4 is 43.9 Å². The summed E-state index contributed by atoms with van der Waals surface area (Å²) in [5.41, 5.74) is 0. The maximum absolute atomic E-state index is 2.70. The molecule has 0 saturated heterocycles. The summed E-state index contributed by atoms with van der Waals surface area (Å²) in [6, 6.07) is 63.6. The molecule has 0 heterocycles. The van der Waals surface area contributed by atoms with Crippen LogP contribution in [0.15, 0.2) is 182 Å². The molecule has 0 aliphatic rings. The van der Waals surface area contributed by atoms with Crippen molar-refractivity contribution in [1.29, 1.82) is 0 Å². The monoisotopic (exact) mass is 614 g/mol. The van der Waals surface area contributed by atoms with Crippen LogP contribution in [0.5, 0.6) is 0 Å². The Bertz CT molecular complexity index is 1350. The first-order chi connectivity index (χ1) is 20.1.